The minimum absolute atomic E-state index is 0.0184. The molecule has 3 aromatic heterocycles. The summed E-state index contributed by atoms with van der Waals surface area (Å²) in [5.41, 5.74) is -0.251. The van der Waals surface area contributed by atoms with Crippen molar-refractivity contribution in [2.45, 2.75) is 51.9 Å². The lowest BCUT2D eigenvalue weighted by molar-refractivity contribution is -0.137. The monoisotopic (exact) mass is 778 g/mol. The average molecular weight is 779 g/mol. The van der Waals surface area contributed by atoms with Gasteiger partial charge in [-0.15, -0.1) is 5.10 Å². The number of anilines is 2. The molecule has 1 aliphatic heterocycles. The molecule has 0 bridgehead atoms. The van der Waals surface area contributed by atoms with E-state index in [1.54, 1.807) is 43.0 Å². The van der Waals surface area contributed by atoms with Crippen molar-refractivity contribution in [3.8, 4) is 17.1 Å². The first-order valence-corrected chi connectivity index (χ1v) is 17.8. The second-order valence-electron chi connectivity index (χ2n) is 13.2. The third-order valence-electron chi connectivity index (χ3n) is 9.45. The number of benzene rings is 2. The van der Waals surface area contributed by atoms with E-state index in [1.165, 1.54) is 15.8 Å². The Morgan fingerprint density at radius 1 is 1.04 bits per heavy atom. The van der Waals surface area contributed by atoms with Crippen molar-refractivity contribution in [3.63, 3.8) is 0 Å². The predicted molar refractivity (Wildman–Crippen MR) is 194 cm³/mol. The summed E-state index contributed by atoms with van der Waals surface area (Å²) in [6.07, 6.45) is -1.49. The highest BCUT2D eigenvalue weighted by Crippen LogP contribution is 2.34. The molecular weight excluding hydrogens is 745 g/mol. The van der Waals surface area contributed by atoms with Crippen molar-refractivity contribution in [3.05, 3.63) is 92.4 Å². The Balaban J connectivity index is 1.27. The number of carbonyl (C=O) groups excluding carboxylic acids is 3. The topological polar surface area (TPSA) is 180 Å². The predicted octanol–water partition coefficient (Wildman–Crippen LogP) is 4.09. The summed E-state index contributed by atoms with van der Waals surface area (Å²) in [7, 11) is 0. The average Bonchev–Trinajstić information content (AvgIpc) is 3.87. The van der Waals surface area contributed by atoms with E-state index in [-0.39, 0.29) is 89.7 Å². The fourth-order valence-corrected chi connectivity index (χ4v) is 6.67. The van der Waals surface area contributed by atoms with Gasteiger partial charge in [0, 0.05) is 37.8 Å². The van der Waals surface area contributed by atoms with Gasteiger partial charge in [-0.1, -0.05) is 36.7 Å². The molecule has 4 heterocycles. The zero-order chi connectivity index (χ0) is 39.2. The number of amides is 3. The van der Waals surface area contributed by atoms with Crippen molar-refractivity contribution in [2.75, 3.05) is 36.4 Å². The molecule has 3 N–H and O–H groups in total. The van der Waals surface area contributed by atoms with Crippen LogP contribution in [0.5, 0.6) is 5.75 Å². The number of aryl methyl sites for hydroxylation is 1. The molecule has 2 aromatic carbocycles. The highest BCUT2D eigenvalue weighted by Gasteiger charge is 2.33. The van der Waals surface area contributed by atoms with Crippen LogP contribution in [0.1, 0.15) is 57.6 Å². The smallest absolute Gasteiger partial charge is 0.416 e. The van der Waals surface area contributed by atoms with E-state index in [9.17, 15) is 37.5 Å². The normalized spacial score (nSPS) is 14.7. The lowest BCUT2D eigenvalue weighted by atomic mass is 10.1. The number of nitrogens with zero attached hydrogens (tertiary/aromatic N) is 8. The van der Waals surface area contributed by atoms with Crippen molar-refractivity contribution in [2.24, 2.45) is 0 Å². The molecule has 2 aliphatic rings. The van der Waals surface area contributed by atoms with Gasteiger partial charge in [0.15, 0.2) is 17.3 Å². The van der Waals surface area contributed by atoms with Crippen LogP contribution in [0.4, 0.5) is 24.5 Å². The molecule has 19 heteroatoms. The number of carbonyl (C=O) groups is 3. The SMILES string of the molecule is CCc1c(N2CCN(C(=O)c3ncnc(C)c3O)CC2)c(=O)n2nc(-c3ccccc3C(=O)NC3CC3)nc2n1CC(=O)Nc1ccc(C(F)(F)F)cc1Cl. The number of fused-ring (bicyclic) bond motifs is 1. The molecule has 0 atom stereocenters. The van der Waals surface area contributed by atoms with Crippen LogP contribution in [0.3, 0.4) is 0 Å². The number of rotatable bonds is 9. The molecule has 5 aromatic rings. The molecule has 3 amide bonds. The highest BCUT2D eigenvalue weighted by atomic mass is 35.5. The summed E-state index contributed by atoms with van der Waals surface area (Å²) in [5.74, 6) is -1.80. The van der Waals surface area contributed by atoms with E-state index in [0.29, 0.717) is 22.9 Å². The van der Waals surface area contributed by atoms with E-state index in [4.69, 9.17) is 11.6 Å². The standard InChI is InChI=1S/C36H34ClF3N10O5/c1-3-26-29(47-12-14-48(15-13-47)33(54)28-30(52)19(2)41-18-42-28)34(55)50-35(45-31(46-50)22-6-4-5-7-23(22)32(53)43-21-9-10-21)49(26)17-27(51)44-25-11-8-20(16-24(25)37)36(38,39)40/h4-8,11,16,18,21,52H,3,9-10,12-15,17H2,1-2H3,(H,43,53)(H,44,51). The van der Waals surface area contributed by atoms with Crippen molar-refractivity contribution in [1.82, 2.24) is 39.3 Å². The molecule has 0 unspecified atom stereocenters. The van der Waals surface area contributed by atoms with Gasteiger partial charge in [0.2, 0.25) is 11.7 Å². The zero-order valence-corrected chi connectivity index (χ0v) is 30.3. The van der Waals surface area contributed by atoms with Gasteiger partial charge < -0.3 is 30.1 Å². The van der Waals surface area contributed by atoms with E-state index in [1.807, 2.05) is 0 Å². The molecule has 286 valence electrons. The van der Waals surface area contributed by atoms with Gasteiger partial charge in [-0.3, -0.25) is 19.2 Å². The maximum Gasteiger partial charge on any atom is 0.416 e. The van der Waals surface area contributed by atoms with E-state index < -0.39 is 35.7 Å². The largest absolute Gasteiger partial charge is 0.504 e. The molecule has 1 saturated carbocycles. The van der Waals surface area contributed by atoms with E-state index >= 15 is 0 Å². The Bertz CT molecular complexity index is 2400. The number of aromatic hydroxyl groups is 1. The lowest BCUT2D eigenvalue weighted by Crippen LogP contribution is -2.51. The molecule has 1 saturated heterocycles. The van der Waals surface area contributed by atoms with Crippen LogP contribution in [0.15, 0.2) is 53.6 Å². The quantitative estimate of drug-likeness (QED) is 0.197. The first-order valence-electron chi connectivity index (χ1n) is 17.4. The molecule has 0 radical (unpaired) electrons. The Morgan fingerprint density at radius 3 is 2.44 bits per heavy atom. The third-order valence-corrected chi connectivity index (χ3v) is 9.76. The van der Waals surface area contributed by atoms with Crippen molar-refractivity contribution >= 4 is 46.5 Å². The summed E-state index contributed by atoms with van der Waals surface area (Å²) in [6.45, 7) is 3.55. The van der Waals surface area contributed by atoms with Crippen LogP contribution in [-0.4, -0.2) is 89.1 Å². The second-order valence-corrected chi connectivity index (χ2v) is 13.6. The summed E-state index contributed by atoms with van der Waals surface area (Å²) in [4.78, 5) is 70.4. The van der Waals surface area contributed by atoms with Gasteiger partial charge in [-0.05, 0) is 50.5 Å². The molecule has 55 heavy (non-hydrogen) atoms. The fourth-order valence-electron chi connectivity index (χ4n) is 6.44. The second kappa shape index (κ2) is 14.7. The highest BCUT2D eigenvalue weighted by molar-refractivity contribution is 6.33. The van der Waals surface area contributed by atoms with Crippen LogP contribution < -0.4 is 21.1 Å². The minimum atomic E-state index is -4.64. The first-order chi connectivity index (χ1) is 26.2. The lowest BCUT2D eigenvalue weighted by Gasteiger charge is -2.36. The van der Waals surface area contributed by atoms with E-state index in [0.717, 1.165) is 29.5 Å². The number of alkyl halides is 3. The first kappa shape index (κ1) is 37.3. The summed E-state index contributed by atoms with van der Waals surface area (Å²) in [6, 6.07) is 9.31. The number of aromatic nitrogens is 6. The Hall–Kier alpha value is -6.04. The maximum absolute atomic E-state index is 14.4. The maximum atomic E-state index is 14.4. The van der Waals surface area contributed by atoms with Crippen LogP contribution in [0, 0.1) is 6.92 Å². The van der Waals surface area contributed by atoms with Gasteiger partial charge in [0.25, 0.3) is 17.4 Å². The molecular formula is C36H34ClF3N10O5. The molecule has 7 rings (SSSR count). The van der Waals surface area contributed by atoms with E-state index in [2.05, 4.69) is 30.7 Å². The number of hydrogen-bond acceptors (Lipinski definition) is 10. The zero-order valence-electron chi connectivity index (χ0n) is 29.5. The number of hydrogen-bond donors (Lipinski definition) is 3. The molecule has 15 nitrogen and oxygen atoms in total. The van der Waals surface area contributed by atoms with Crippen LogP contribution >= 0.6 is 11.6 Å². The Labute approximate surface area is 315 Å². The summed E-state index contributed by atoms with van der Waals surface area (Å²) in [5, 5.41) is 20.1. The minimum Gasteiger partial charge on any atom is -0.504 e. The Morgan fingerprint density at radius 2 is 1.76 bits per heavy atom. The number of nitrogens with one attached hydrogen (secondary N) is 2. The van der Waals surface area contributed by atoms with Gasteiger partial charge in [0.1, 0.15) is 18.6 Å². The summed E-state index contributed by atoms with van der Waals surface area (Å²) < 4.78 is 42.4. The third kappa shape index (κ3) is 7.41. The fraction of sp³-hybridized carbons (Fsp3) is 0.333. The van der Waals surface area contributed by atoms with Gasteiger partial charge in [0.05, 0.1) is 33.2 Å². The van der Waals surface area contributed by atoms with Crippen LogP contribution in [-0.2, 0) is 23.9 Å². The molecule has 0 spiro atoms. The number of halogens is 4. The number of piperazine rings is 1. The van der Waals surface area contributed by atoms with Crippen LogP contribution in [0.25, 0.3) is 17.2 Å². The summed E-state index contributed by atoms with van der Waals surface area (Å²) >= 11 is 6.14. The van der Waals surface area contributed by atoms with Crippen LogP contribution in [0.2, 0.25) is 5.02 Å². The van der Waals surface area contributed by atoms with Gasteiger partial charge in [-0.25, -0.2) is 9.97 Å². The van der Waals surface area contributed by atoms with Gasteiger partial charge in [-0.2, -0.15) is 22.7 Å². The molecule has 1 aliphatic carbocycles. The van der Waals surface area contributed by atoms with Gasteiger partial charge >= 0.3 is 6.18 Å². The molecule has 2 fully saturated rings. The van der Waals surface area contributed by atoms with Crippen molar-refractivity contribution < 1.29 is 32.7 Å². The van der Waals surface area contributed by atoms with Crippen molar-refractivity contribution in [1.29, 1.82) is 0 Å². The Kier molecular flexibility index (Phi) is 9.93.